The van der Waals surface area contributed by atoms with Gasteiger partial charge in [0, 0.05) is 36.6 Å². The molecular formula is C26H29F2N9O2. The highest BCUT2D eigenvalue weighted by Crippen LogP contribution is 2.40. The fraction of sp³-hybridized carbons (Fsp3) is 0.423. The molecule has 0 spiro atoms. The van der Waals surface area contributed by atoms with Gasteiger partial charge < -0.3 is 19.7 Å². The molecule has 2 N–H and O–H groups in total. The van der Waals surface area contributed by atoms with Gasteiger partial charge >= 0.3 is 0 Å². The van der Waals surface area contributed by atoms with E-state index in [1.807, 2.05) is 10.7 Å². The van der Waals surface area contributed by atoms with E-state index in [9.17, 15) is 13.9 Å². The number of aliphatic hydroxyl groups is 1. The Balaban J connectivity index is 1.39. The molecule has 0 bridgehead atoms. The molecule has 39 heavy (non-hydrogen) atoms. The Kier molecular flexibility index (Phi) is 5.97. The Labute approximate surface area is 222 Å². The summed E-state index contributed by atoms with van der Waals surface area (Å²) in [5.41, 5.74) is 1.21. The molecule has 1 saturated carbocycles. The minimum absolute atomic E-state index is 0.0969. The van der Waals surface area contributed by atoms with Gasteiger partial charge in [-0.15, -0.1) is 0 Å². The molecule has 5 heterocycles. The van der Waals surface area contributed by atoms with Crippen molar-refractivity contribution >= 4 is 28.4 Å². The van der Waals surface area contributed by atoms with Gasteiger partial charge in [0.2, 0.25) is 5.95 Å². The van der Waals surface area contributed by atoms with E-state index < -0.39 is 12.5 Å². The van der Waals surface area contributed by atoms with Crippen LogP contribution in [0.4, 0.5) is 20.5 Å². The zero-order valence-corrected chi connectivity index (χ0v) is 22.0. The standard InChI is InChI=1S/C26H29F2N9O2/c1-26(2,3)19-10-20(34-37(19)14-6-5-7-16(14)38)32-25-33-24-22(35(25)4)21(23(27)28)18(12-30-24)39-17-13-31-36-9-8-29-11-15(17)36/h8-14,16,23,38H,5-7H2,1-4H3,(H,30,32,33,34)/t14-,16-/m0/s1. The third-order valence-electron chi connectivity index (χ3n) is 7.13. The van der Waals surface area contributed by atoms with E-state index in [2.05, 4.69) is 46.1 Å². The molecule has 1 fully saturated rings. The van der Waals surface area contributed by atoms with Crippen LogP contribution in [0.2, 0.25) is 0 Å². The van der Waals surface area contributed by atoms with Gasteiger partial charge in [0.05, 0.1) is 36.3 Å². The van der Waals surface area contributed by atoms with Gasteiger partial charge in [-0.2, -0.15) is 15.2 Å². The largest absolute Gasteiger partial charge is 0.451 e. The molecule has 0 saturated heterocycles. The number of hydrogen-bond donors (Lipinski definition) is 2. The van der Waals surface area contributed by atoms with Crippen molar-refractivity contribution < 1.29 is 18.6 Å². The number of fused-ring (bicyclic) bond motifs is 2. The van der Waals surface area contributed by atoms with Gasteiger partial charge in [-0.25, -0.2) is 18.3 Å². The van der Waals surface area contributed by atoms with Crippen LogP contribution in [-0.4, -0.2) is 50.1 Å². The van der Waals surface area contributed by atoms with Gasteiger partial charge in [-0.05, 0) is 19.3 Å². The van der Waals surface area contributed by atoms with Crippen molar-refractivity contribution in [3.05, 3.63) is 48.3 Å². The lowest BCUT2D eigenvalue weighted by atomic mass is 9.91. The molecule has 1 aliphatic rings. The van der Waals surface area contributed by atoms with E-state index >= 15 is 0 Å². The maximum atomic E-state index is 14.5. The van der Waals surface area contributed by atoms with E-state index in [1.165, 1.54) is 27.7 Å². The number of aryl methyl sites for hydroxylation is 1. The summed E-state index contributed by atoms with van der Waals surface area (Å²) in [7, 11) is 1.64. The number of ether oxygens (including phenoxy) is 1. The lowest BCUT2D eigenvalue weighted by Crippen LogP contribution is -2.26. The molecule has 11 nitrogen and oxygen atoms in total. The number of aromatic nitrogens is 8. The average Bonchev–Trinajstić information content (AvgIpc) is 3.66. The molecule has 5 aromatic heterocycles. The summed E-state index contributed by atoms with van der Waals surface area (Å²) in [6.45, 7) is 6.25. The summed E-state index contributed by atoms with van der Waals surface area (Å²) in [5, 5.41) is 22.6. The highest BCUT2D eigenvalue weighted by atomic mass is 19.3. The van der Waals surface area contributed by atoms with Crippen molar-refractivity contribution in [2.75, 3.05) is 5.32 Å². The summed E-state index contributed by atoms with van der Waals surface area (Å²) < 4.78 is 39.8. The summed E-state index contributed by atoms with van der Waals surface area (Å²) in [6.07, 6.45) is 6.61. The van der Waals surface area contributed by atoms with Crippen LogP contribution in [0, 0.1) is 0 Å². The molecule has 0 aromatic carbocycles. The van der Waals surface area contributed by atoms with Crippen LogP contribution in [-0.2, 0) is 12.5 Å². The fourth-order valence-corrected chi connectivity index (χ4v) is 5.18. The zero-order chi connectivity index (χ0) is 27.5. The summed E-state index contributed by atoms with van der Waals surface area (Å²) in [5.74, 6) is 0.988. The first kappa shape index (κ1) is 25.2. The molecule has 2 atom stereocenters. The summed E-state index contributed by atoms with van der Waals surface area (Å²) in [4.78, 5) is 12.8. The number of pyridine rings is 1. The van der Waals surface area contributed by atoms with Crippen molar-refractivity contribution in [3.63, 3.8) is 0 Å². The smallest absolute Gasteiger partial charge is 0.269 e. The first-order valence-electron chi connectivity index (χ1n) is 12.8. The van der Waals surface area contributed by atoms with Crippen LogP contribution in [0.25, 0.3) is 16.7 Å². The highest BCUT2D eigenvalue weighted by Gasteiger charge is 2.33. The minimum atomic E-state index is -2.86. The molecule has 13 heteroatoms. The average molecular weight is 538 g/mol. The topological polar surface area (TPSA) is 120 Å². The Morgan fingerprint density at radius 2 is 1.97 bits per heavy atom. The first-order valence-corrected chi connectivity index (χ1v) is 12.8. The maximum absolute atomic E-state index is 14.5. The molecule has 0 amide bonds. The Morgan fingerprint density at radius 3 is 2.69 bits per heavy atom. The lowest BCUT2D eigenvalue weighted by molar-refractivity contribution is 0.127. The quantitative estimate of drug-likeness (QED) is 0.308. The van der Waals surface area contributed by atoms with Gasteiger partial charge in [-0.1, -0.05) is 20.8 Å². The molecule has 0 aliphatic heterocycles. The number of aliphatic hydroxyl groups excluding tert-OH is 1. The monoisotopic (exact) mass is 537 g/mol. The van der Waals surface area contributed by atoms with Crippen LogP contribution >= 0.6 is 0 Å². The van der Waals surface area contributed by atoms with E-state index in [1.54, 1.807) is 19.4 Å². The highest BCUT2D eigenvalue weighted by molar-refractivity contribution is 5.82. The number of alkyl halides is 2. The Hall–Kier alpha value is -4.13. The van der Waals surface area contributed by atoms with Crippen LogP contribution in [0.3, 0.4) is 0 Å². The molecule has 5 aromatic rings. The summed E-state index contributed by atoms with van der Waals surface area (Å²) in [6, 6.07) is 1.80. The van der Waals surface area contributed by atoms with Gasteiger partial charge in [0.1, 0.15) is 11.0 Å². The van der Waals surface area contributed by atoms with Crippen molar-refractivity contribution in [2.45, 2.75) is 64.0 Å². The van der Waals surface area contributed by atoms with E-state index in [-0.39, 0.29) is 39.7 Å². The minimum Gasteiger partial charge on any atom is -0.451 e. The second-order valence-corrected chi connectivity index (χ2v) is 10.8. The lowest BCUT2D eigenvalue weighted by Gasteiger charge is -2.25. The Morgan fingerprint density at radius 1 is 1.15 bits per heavy atom. The zero-order valence-electron chi connectivity index (χ0n) is 22.0. The summed E-state index contributed by atoms with van der Waals surface area (Å²) >= 11 is 0. The first-order chi connectivity index (χ1) is 18.6. The van der Waals surface area contributed by atoms with E-state index in [4.69, 9.17) is 9.84 Å². The second-order valence-electron chi connectivity index (χ2n) is 10.8. The van der Waals surface area contributed by atoms with Crippen molar-refractivity contribution in [3.8, 4) is 11.5 Å². The van der Waals surface area contributed by atoms with Crippen LogP contribution in [0.15, 0.2) is 37.1 Å². The van der Waals surface area contributed by atoms with E-state index in [0.717, 1.165) is 25.0 Å². The van der Waals surface area contributed by atoms with Crippen molar-refractivity contribution in [1.82, 2.24) is 38.9 Å². The van der Waals surface area contributed by atoms with Gasteiger partial charge in [0.25, 0.3) is 6.43 Å². The second kappa shape index (κ2) is 9.26. The maximum Gasteiger partial charge on any atom is 0.269 e. The van der Waals surface area contributed by atoms with Crippen molar-refractivity contribution in [2.24, 2.45) is 7.05 Å². The third-order valence-corrected chi connectivity index (χ3v) is 7.13. The molecule has 6 rings (SSSR count). The number of nitrogens with one attached hydrogen (secondary N) is 1. The predicted octanol–water partition coefficient (Wildman–Crippen LogP) is 5.06. The number of hydrogen-bond acceptors (Lipinski definition) is 8. The molecular weight excluding hydrogens is 508 g/mol. The van der Waals surface area contributed by atoms with Crippen LogP contribution < -0.4 is 10.1 Å². The number of imidazole rings is 1. The van der Waals surface area contributed by atoms with Gasteiger partial charge in [0.15, 0.2) is 23.0 Å². The molecule has 0 radical (unpaired) electrons. The Bertz CT molecular complexity index is 1670. The SMILES string of the molecule is Cn1c(Nc2cc(C(C)(C)C)n([C@H]3CCC[C@@H]3O)n2)nc2ncc(Oc3cnn4ccncc34)c(C(F)F)c21. The number of halogens is 2. The van der Waals surface area contributed by atoms with Crippen LogP contribution in [0.1, 0.15) is 63.8 Å². The number of anilines is 2. The van der Waals surface area contributed by atoms with E-state index in [0.29, 0.717) is 17.3 Å². The molecule has 1 aliphatic carbocycles. The molecule has 0 unspecified atom stereocenters. The normalized spacial score (nSPS) is 18.1. The fourth-order valence-electron chi connectivity index (χ4n) is 5.18. The number of rotatable bonds is 6. The van der Waals surface area contributed by atoms with Crippen LogP contribution in [0.5, 0.6) is 11.5 Å². The molecule has 204 valence electrons. The van der Waals surface area contributed by atoms with Crippen molar-refractivity contribution in [1.29, 1.82) is 0 Å². The van der Waals surface area contributed by atoms with Gasteiger partial charge in [-0.3, -0.25) is 9.67 Å². The number of nitrogens with zero attached hydrogens (tertiary/aromatic N) is 8. The third kappa shape index (κ3) is 4.36. The predicted molar refractivity (Wildman–Crippen MR) is 140 cm³/mol.